The van der Waals surface area contributed by atoms with Crippen molar-refractivity contribution in [2.45, 2.75) is 63.6 Å². The number of fused-ring (bicyclic) bond motifs is 3. The predicted molar refractivity (Wildman–Crippen MR) is 139 cm³/mol. The summed E-state index contributed by atoms with van der Waals surface area (Å²) in [5.41, 5.74) is 8.30. The lowest BCUT2D eigenvalue weighted by molar-refractivity contribution is 0.212. The zero-order valence-electron chi connectivity index (χ0n) is 20.0. The molecule has 3 fully saturated rings. The van der Waals surface area contributed by atoms with Crippen LogP contribution in [0.25, 0.3) is 16.7 Å². The fraction of sp³-hybridized carbons (Fsp3) is 0.448. The second kappa shape index (κ2) is 7.81. The molecule has 2 aromatic heterocycles. The Morgan fingerprint density at radius 1 is 1.15 bits per heavy atom. The van der Waals surface area contributed by atoms with Gasteiger partial charge in [-0.25, -0.2) is 4.98 Å². The van der Waals surface area contributed by atoms with E-state index in [-0.39, 0.29) is 5.92 Å². The lowest BCUT2D eigenvalue weighted by Crippen LogP contribution is -2.47. The first-order valence-electron chi connectivity index (χ1n) is 13.0. The third-order valence-electron chi connectivity index (χ3n) is 8.51. The largest absolute Gasteiger partial charge is 0.367 e. The van der Waals surface area contributed by atoms with Gasteiger partial charge in [-0.1, -0.05) is 25.6 Å². The van der Waals surface area contributed by atoms with E-state index in [4.69, 9.17) is 9.98 Å². The molecule has 5 heterocycles. The van der Waals surface area contributed by atoms with Crippen LogP contribution in [0.5, 0.6) is 0 Å². The lowest BCUT2D eigenvalue weighted by atomic mass is 9.93. The van der Waals surface area contributed by atoms with E-state index < -0.39 is 0 Å². The minimum absolute atomic E-state index is 0.276. The smallest absolute Gasteiger partial charge is 0.140 e. The molecular weight excluding hydrogens is 418 g/mol. The molecule has 2 saturated heterocycles. The highest BCUT2D eigenvalue weighted by atomic mass is 15.2. The third kappa shape index (κ3) is 3.24. The van der Waals surface area contributed by atoms with Crippen LogP contribution in [-0.2, 0) is 6.54 Å². The molecule has 2 unspecified atom stereocenters. The number of aliphatic imine (C=N–C) groups is 1. The highest BCUT2D eigenvalue weighted by Crippen LogP contribution is 2.42. The SMILES string of the molecule is C=C(c1ccc2c(c1)N=C(c1cc3cccnc3n1CC1CC1)[C@H]2C)N1CCCC2NCCC21. The number of hydrogen-bond donors (Lipinski definition) is 1. The molecule has 5 nitrogen and oxygen atoms in total. The van der Waals surface area contributed by atoms with Gasteiger partial charge in [-0.2, -0.15) is 0 Å². The minimum Gasteiger partial charge on any atom is -0.367 e. The van der Waals surface area contributed by atoms with Crippen LogP contribution in [0.4, 0.5) is 5.69 Å². The van der Waals surface area contributed by atoms with Gasteiger partial charge in [-0.15, -0.1) is 0 Å². The Labute approximate surface area is 201 Å². The van der Waals surface area contributed by atoms with E-state index in [1.807, 2.05) is 12.3 Å². The maximum absolute atomic E-state index is 5.24. The van der Waals surface area contributed by atoms with Crippen LogP contribution in [0.3, 0.4) is 0 Å². The average Bonchev–Trinajstić information content (AvgIpc) is 3.28. The highest BCUT2D eigenvalue weighted by molar-refractivity contribution is 6.11. The third-order valence-corrected chi connectivity index (χ3v) is 8.51. The monoisotopic (exact) mass is 451 g/mol. The van der Waals surface area contributed by atoms with E-state index in [2.05, 4.69) is 58.6 Å². The van der Waals surface area contributed by atoms with Crippen LogP contribution in [0, 0.1) is 5.92 Å². The standard InChI is InChI=1S/C29H33N5/c1-18-23-10-9-21(19(2)33-14-4-6-24-26(33)11-13-30-24)15-25(23)32-28(18)27-16-22-5-3-12-31-29(22)34(27)17-20-7-8-20/h3,5,9-10,12,15-16,18,20,24,26,30H,2,4,6-8,11,13-14,17H2,1H3/t18-,24?,26?/m0/s1. The van der Waals surface area contributed by atoms with Gasteiger partial charge >= 0.3 is 0 Å². The van der Waals surface area contributed by atoms with Crippen molar-refractivity contribution in [1.82, 2.24) is 19.8 Å². The summed E-state index contributed by atoms with van der Waals surface area (Å²) in [7, 11) is 0. The Hall–Kier alpha value is -2.92. The van der Waals surface area contributed by atoms with Crippen LogP contribution in [-0.4, -0.2) is 45.3 Å². The van der Waals surface area contributed by atoms with Crippen LogP contribution < -0.4 is 5.32 Å². The molecule has 3 aliphatic heterocycles. The number of aromatic nitrogens is 2. The van der Waals surface area contributed by atoms with Crippen molar-refractivity contribution >= 4 is 28.1 Å². The van der Waals surface area contributed by atoms with Crippen LogP contribution in [0.1, 0.15) is 61.8 Å². The van der Waals surface area contributed by atoms with Gasteiger partial charge < -0.3 is 14.8 Å². The second-order valence-corrected chi connectivity index (χ2v) is 10.7. The van der Waals surface area contributed by atoms with Gasteiger partial charge in [0, 0.05) is 48.4 Å². The van der Waals surface area contributed by atoms with Crippen LogP contribution in [0.2, 0.25) is 0 Å². The Balaban J connectivity index is 1.24. The van der Waals surface area contributed by atoms with Crippen molar-refractivity contribution in [3.63, 3.8) is 0 Å². The fourth-order valence-corrected chi connectivity index (χ4v) is 6.45. The molecule has 0 bridgehead atoms. The van der Waals surface area contributed by atoms with Crippen molar-refractivity contribution in [2.75, 3.05) is 13.1 Å². The maximum Gasteiger partial charge on any atom is 0.140 e. The first kappa shape index (κ1) is 20.5. The Morgan fingerprint density at radius 3 is 2.94 bits per heavy atom. The van der Waals surface area contributed by atoms with Crippen molar-refractivity contribution in [1.29, 1.82) is 0 Å². The molecule has 1 aromatic carbocycles. The molecule has 34 heavy (non-hydrogen) atoms. The minimum atomic E-state index is 0.276. The molecule has 3 aromatic rings. The molecule has 1 aliphatic carbocycles. The van der Waals surface area contributed by atoms with E-state index in [1.165, 1.54) is 60.0 Å². The quantitative estimate of drug-likeness (QED) is 0.559. The molecule has 1 saturated carbocycles. The molecule has 0 amide bonds. The van der Waals surface area contributed by atoms with Crippen molar-refractivity contribution < 1.29 is 0 Å². The summed E-state index contributed by atoms with van der Waals surface area (Å²) in [5.74, 6) is 1.06. The molecule has 1 N–H and O–H groups in total. The van der Waals surface area contributed by atoms with Gasteiger partial charge in [0.2, 0.25) is 0 Å². The summed E-state index contributed by atoms with van der Waals surface area (Å²) in [6, 6.07) is 14.5. The van der Waals surface area contributed by atoms with E-state index >= 15 is 0 Å². The summed E-state index contributed by atoms with van der Waals surface area (Å²) in [6.07, 6.45) is 8.30. The molecular formula is C29H33N5. The predicted octanol–water partition coefficient (Wildman–Crippen LogP) is 5.48. The van der Waals surface area contributed by atoms with Crippen molar-refractivity contribution in [3.8, 4) is 0 Å². The van der Waals surface area contributed by atoms with Gasteiger partial charge in [-0.05, 0) is 80.0 Å². The normalized spacial score (nSPS) is 26.0. The first-order valence-corrected chi connectivity index (χ1v) is 13.0. The summed E-state index contributed by atoms with van der Waals surface area (Å²) in [6.45, 7) is 10.1. The average molecular weight is 452 g/mol. The van der Waals surface area contributed by atoms with Crippen molar-refractivity contribution in [2.24, 2.45) is 10.9 Å². The number of pyridine rings is 1. The van der Waals surface area contributed by atoms with Gasteiger partial charge in [0.25, 0.3) is 0 Å². The molecule has 3 atom stereocenters. The molecule has 174 valence electrons. The number of hydrogen-bond acceptors (Lipinski definition) is 4. The van der Waals surface area contributed by atoms with Crippen molar-refractivity contribution in [3.05, 3.63) is 66.0 Å². The zero-order chi connectivity index (χ0) is 22.8. The maximum atomic E-state index is 5.24. The molecule has 0 spiro atoms. The van der Waals surface area contributed by atoms with E-state index in [0.717, 1.165) is 42.6 Å². The number of benzene rings is 1. The summed E-state index contributed by atoms with van der Waals surface area (Å²) in [4.78, 5) is 12.5. The molecule has 0 radical (unpaired) electrons. The van der Waals surface area contributed by atoms with E-state index in [1.54, 1.807) is 0 Å². The van der Waals surface area contributed by atoms with Gasteiger partial charge in [0.1, 0.15) is 5.65 Å². The Kier molecular flexibility index (Phi) is 4.70. The number of nitrogens with one attached hydrogen (secondary N) is 1. The summed E-state index contributed by atoms with van der Waals surface area (Å²) >= 11 is 0. The zero-order valence-corrected chi connectivity index (χ0v) is 20.0. The second-order valence-electron chi connectivity index (χ2n) is 10.7. The topological polar surface area (TPSA) is 45.5 Å². The molecule has 5 heteroatoms. The number of piperidine rings is 1. The summed E-state index contributed by atoms with van der Waals surface area (Å²) < 4.78 is 2.43. The van der Waals surface area contributed by atoms with E-state index in [0.29, 0.717) is 12.1 Å². The molecule has 4 aliphatic rings. The van der Waals surface area contributed by atoms with E-state index in [9.17, 15) is 0 Å². The van der Waals surface area contributed by atoms with Gasteiger partial charge in [-0.3, -0.25) is 4.99 Å². The summed E-state index contributed by atoms with van der Waals surface area (Å²) in [5, 5.41) is 4.90. The number of nitrogens with zero attached hydrogens (tertiary/aromatic N) is 4. The molecule has 7 rings (SSSR count). The Morgan fingerprint density at radius 2 is 2.06 bits per heavy atom. The van der Waals surface area contributed by atoms with Gasteiger partial charge in [0.05, 0.1) is 17.1 Å². The fourth-order valence-electron chi connectivity index (χ4n) is 6.45. The van der Waals surface area contributed by atoms with Gasteiger partial charge in [0.15, 0.2) is 0 Å². The Bertz CT molecular complexity index is 1310. The van der Waals surface area contributed by atoms with Crippen LogP contribution >= 0.6 is 0 Å². The van der Waals surface area contributed by atoms with Crippen LogP contribution in [0.15, 0.2) is 54.2 Å². The number of likely N-dealkylation sites (tertiary alicyclic amines) is 1. The number of rotatable bonds is 5. The first-order chi connectivity index (χ1) is 16.7. The lowest BCUT2D eigenvalue weighted by Gasteiger charge is -2.40. The highest BCUT2D eigenvalue weighted by Gasteiger charge is 2.36.